The number of hydrogen-bond donors (Lipinski definition) is 0. The van der Waals surface area contributed by atoms with Crippen molar-refractivity contribution in [1.29, 1.82) is 0 Å². The predicted octanol–water partition coefficient (Wildman–Crippen LogP) is 7.80. The van der Waals surface area contributed by atoms with Crippen molar-refractivity contribution in [3.63, 3.8) is 0 Å². The molecule has 0 spiro atoms. The molecule has 0 bridgehead atoms. The lowest BCUT2D eigenvalue weighted by molar-refractivity contribution is -0.0900. The van der Waals surface area contributed by atoms with E-state index in [9.17, 15) is 19.2 Å². The summed E-state index contributed by atoms with van der Waals surface area (Å²) in [6.07, 6.45) is -1.18. The van der Waals surface area contributed by atoms with Crippen LogP contribution in [0.5, 0.6) is 0 Å². The number of carbonyl (C=O) groups is 4. The summed E-state index contributed by atoms with van der Waals surface area (Å²) in [6, 6.07) is 33.7. The summed E-state index contributed by atoms with van der Waals surface area (Å²) in [5.74, 6) is -2.69. The van der Waals surface area contributed by atoms with Gasteiger partial charge in [-0.1, -0.05) is 99.5 Å². The van der Waals surface area contributed by atoms with E-state index in [0.717, 1.165) is 38.8 Å². The lowest BCUT2D eigenvalue weighted by Crippen LogP contribution is -2.47. The molecule has 53 heavy (non-hydrogen) atoms. The number of esters is 4. The molecule has 0 saturated carbocycles. The molecule has 11 heteroatoms. The van der Waals surface area contributed by atoms with Crippen LogP contribution in [-0.4, -0.2) is 77.7 Å². The minimum atomic E-state index is -1.28. The number of rotatable bonds is 18. The van der Waals surface area contributed by atoms with Crippen LogP contribution in [0.25, 0.3) is 0 Å². The molecule has 0 unspecified atom stereocenters. The normalized spacial score (nSPS) is 18.5. The maximum Gasteiger partial charge on any atom is 0.338 e. The minimum absolute atomic E-state index is 0.256. The van der Waals surface area contributed by atoms with Gasteiger partial charge in [-0.2, -0.15) is 0 Å². The fraction of sp³-hybridized carbons (Fsp3) is 0.333. The van der Waals surface area contributed by atoms with Crippen molar-refractivity contribution in [2.24, 2.45) is 0 Å². The van der Waals surface area contributed by atoms with Crippen LogP contribution in [0.2, 0.25) is 0 Å². The van der Waals surface area contributed by atoms with Crippen molar-refractivity contribution >= 4 is 35.8 Å². The minimum Gasteiger partial charge on any atom is -0.458 e. The molecular weight excluding hydrogens is 695 g/mol. The number of unbranched alkanes of at least 4 members (excludes halogenated alkanes) is 2. The van der Waals surface area contributed by atoms with Gasteiger partial charge in [-0.05, 0) is 73.3 Å². The first-order chi connectivity index (χ1) is 25.9. The third kappa shape index (κ3) is 11.3. The maximum atomic E-state index is 13.7. The zero-order valence-electron chi connectivity index (χ0n) is 29.9. The number of benzene rings is 4. The van der Waals surface area contributed by atoms with Crippen LogP contribution in [-0.2, 0) is 23.7 Å². The second-order valence-electron chi connectivity index (χ2n) is 12.5. The van der Waals surface area contributed by atoms with Crippen molar-refractivity contribution in [3.8, 4) is 0 Å². The molecule has 0 aliphatic carbocycles. The largest absolute Gasteiger partial charge is 0.458 e. The Bertz CT molecular complexity index is 1740. The molecule has 0 radical (unpaired) electrons. The summed E-state index contributed by atoms with van der Waals surface area (Å²) >= 11 is 1.36. The van der Waals surface area contributed by atoms with E-state index >= 15 is 0 Å². The summed E-state index contributed by atoms with van der Waals surface area (Å²) in [7, 11) is 0. The topological polar surface area (TPSA) is 118 Å². The van der Waals surface area contributed by atoms with E-state index in [2.05, 4.69) is 18.2 Å². The smallest absolute Gasteiger partial charge is 0.338 e. The second-order valence-corrected chi connectivity index (χ2v) is 13.6. The Kier molecular flexibility index (Phi) is 15.0. The highest BCUT2D eigenvalue weighted by Gasteiger charge is 2.55. The van der Waals surface area contributed by atoms with Crippen LogP contribution >= 0.6 is 11.9 Å². The molecule has 5 rings (SSSR count). The molecule has 0 N–H and O–H groups in total. The Labute approximate surface area is 314 Å². The van der Waals surface area contributed by atoms with Gasteiger partial charge in [0, 0.05) is 13.1 Å². The van der Waals surface area contributed by atoms with Crippen LogP contribution in [0.1, 0.15) is 81.0 Å². The number of nitrogens with zero attached hydrogens (tertiary/aromatic N) is 1. The highest BCUT2D eigenvalue weighted by Crippen LogP contribution is 2.38. The quantitative estimate of drug-likeness (QED) is 0.0565. The van der Waals surface area contributed by atoms with Gasteiger partial charge in [-0.15, -0.1) is 0 Å². The van der Waals surface area contributed by atoms with Crippen LogP contribution in [0, 0.1) is 0 Å². The van der Waals surface area contributed by atoms with Crippen molar-refractivity contribution in [1.82, 2.24) is 4.31 Å². The second kappa shape index (κ2) is 20.3. The van der Waals surface area contributed by atoms with Crippen LogP contribution < -0.4 is 0 Å². The summed E-state index contributed by atoms with van der Waals surface area (Å²) in [6.45, 7) is 5.25. The Morgan fingerprint density at radius 1 is 0.604 bits per heavy atom. The Morgan fingerprint density at radius 2 is 1.02 bits per heavy atom. The molecule has 10 nitrogen and oxygen atoms in total. The molecule has 4 aromatic carbocycles. The van der Waals surface area contributed by atoms with E-state index in [1.807, 2.05) is 0 Å². The zero-order chi connectivity index (χ0) is 37.4. The lowest BCUT2D eigenvalue weighted by Gasteiger charge is -2.28. The molecule has 1 aliphatic heterocycles. The molecule has 0 amide bonds. The average Bonchev–Trinajstić information content (AvgIpc) is 3.53. The van der Waals surface area contributed by atoms with Crippen LogP contribution in [0.3, 0.4) is 0 Å². The summed E-state index contributed by atoms with van der Waals surface area (Å²) in [4.78, 5) is 54.2. The molecular formula is C42H45NO9S. The molecule has 4 aromatic rings. The number of ether oxygens (including phenoxy) is 5. The molecule has 1 heterocycles. The summed E-state index contributed by atoms with van der Waals surface area (Å²) in [5.41, 5.74) is 0.219. The first-order valence-corrected chi connectivity index (χ1v) is 18.8. The van der Waals surface area contributed by atoms with E-state index < -0.39 is 60.3 Å². The molecule has 1 saturated heterocycles. The Hall–Kier alpha value is -4.97. The van der Waals surface area contributed by atoms with E-state index in [1.165, 1.54) is 11.9 Å². The monoisotopic (exact) mass is 739 g/mol. The van der Waals surface area contributed by atoms with Gasteiger partial charge in [0.25, 0.3) is 0 Å². The first-order valence-electron chi connectivity index (χ1n) is 17.9. The third-order valence-electron chi connectivity index (χ3n) is 8.51. The average molecular weight is 740 g/mol. The molecule has 1 aliphatic rings. The van der Waals surface area contributed by atoms with E-state index in [4.69, 9.17) is 23.7 Å². The molecule has 0 aromatic heterocycles. The SMILES string of the molecule is CCCCN(CCCC)S[C@@H]1O[C@@H]([C@@H](COC(=O)c2ccccc2)OC(=O)c2ccccc2)[C@H](OC(=O)c2ccccc2)[C@H]1OC(=O)c1ccccc1. The van der Waals surface area contributed by atoms with Gasteiger partial charge >= 0.3 is 23.9 Å². The predicted molar refractivity (Wildman–Crippen MR) is 201 cm³/mol. The maximum absolute atomic E-state index is 13.7. The van der Waals surface area contributed by atoms with Gasteiger partial charge in [-0.25, -0.2) is 23.5 Å². The van der Waals surface area contributed by atoms with E-state index in [-0.39, 0.29) is 11.1 Å². The third-order valence-corrected chi connectivity index (χ3v) is 9.76. The fourth-order valence-electron chi connectivity index (χ4n) is 5.65. The number of hydrogen-bond acceptors (Lipinski definition) is 11. The summed E-state index contributed by atoms with van der Waals surface area (Å²) in [5, 5.41) is 0. The lowest BCUT2D eigenvalue weighted by atomic mass is 10.1. The van der Waals surface area contributed by atoms with Gasteiger partial charge in [0.2, 0.25) is 0 Å². The van der Waals surface area contributed by atoms with Crippen LogP contribution in [0.15, 0.2) is 121 Å². The fourth-order valence-corrected chi connectivity index (χ4v) is 6.92. The van der Waals surface area contributed by atoms with Crippen molar-refractivity contribution < 1.29 is 42.9 Å². The zero-order valence-corrected chi connectivity index (χ0v) is 30.7. The van der Waals surface area contributed by atoms with Crippen molar-refractivity contribution in [2.75, 3.05) is 19.7 Å². The molecule has 1 fully saturated rings. The Balaban J connectivity index is 1.54. The summed E-state index contributed by atoms with van der Waals surface area (Å²) < 4.78 is 33.0. The molecule has 5 atom stereocenters. The van der Waals surface area contributed by atoms with Gasteiger partial charge in [-0.3, -0.25) is 0 Å². The number of carbonyl (C=O) groups excluding carboxylic acids is 4. The van der Waals surface area contributed by atoms with E-state index in [1.54, 1.807) is 121 Å². The van der Waals surface area contributed by atoms with Crippen LogP contribution in [0.4, 0.5) is 0 Å². The van der Waals surface area contributed by atoms with Gasteiger partial charge in [0.05, 0.1) is 22.3 Å². The van der Waals surface area contributed by atoms with E-state index in [0.29, 0.717) is 11.1 Å². The highest BCUT2D eigenvalue weighted by molar-refractivity contribution is 7.97. The van der Waals surface area contributed by atoms with Gasteiger partial charge in [0.1, 0.15) is 12.7 Å². The van der Waals surface area contributed by atoms with Crippen molar-refractivity contribution in [2.45, 2.75) is 69.4 Å². The Morgan fingerprint density at radius 3 is 1.47 bits per heavy atom. The highest BCUT2D eigenvalue weighted by atomic mass is 32.2. The van der Waals surface area contributed by atoms with Gasteiger partial charge < -0.3 is 23.7 Å². The standard InChI is InChI=1S/C42H45NO9S/c1-3-5-27-43(28-6-4-2)53-42-37(51-41(47)33-25-17-10-18-26-33)36(50-40(46)32-23-15-9-16-24-32)35(52-42)34(49-39(45)31-21-13-8-14-22-31)29-48-38(44)30-19-11-7-12-20-30/h7-26,34-37,42H,3-6,27-29H2,1-2H3/t34-,35+,36+,37-,42+/m1/s1. The van der Waals surface area contributed by atoms with Crippen molar-refractivity contribution in [3.05, 3.63) is 144 Å². The first kappa shape index (κ1) is 39.2. The van der Waals surface area contributed by atoms with Gasteiger partial charge in [0.15, 0.2) is 23.7 Å². The molecule has 278 valence electrons.